The van der Waals surface area contributed by atoms with Crippen molar-refractivity contribution in [3.63, 3.8) is 0 Å². The largest absolute Gasteiger partial charge is 0.462 e. The average Bonchev–Trinajstić information content (AvgIpc) is 3.04. The topological polar surface area (TPSA) is 72.0 Å². The number of thiophene rings is 1. The minimum absolute atomic E-state index is 0.0418. The summed E-state index contributed by atoms with van der Waals surface area (Å²) in [6.07, 6.45) is 3.14. The summed E-state index contributed by atoms with van der Waals surface area (Å²) in [5.74, 6) is 0.963. The van der Waals surface area contributed by atoms with Gasteiger partial charge in [-0.25, -0.2) is 9.78 Å². The molecule has 28 heavy (non-hydrogen) atoms. The van der Waals surface area contributed by atoms with Crippen LogP contribution in [0.3, 0.4) is 0 Å². The fourth-order valence-electron chi connectivity index (χ4n) is 3.55. The van der Waals surface area contributed by atoms with Crippen LogP contribution in [-0.4, -0.2) is 22.5 Å². The van der Waals surface area contributed by atoms with Crippen LogP contribution in [0.25, 0.3) is 10.2 Å². The van der Waals surface area contributed by atoms with Gasteiger partial charge in [-0.2, -0.15) is 0 Å². The average molecular weight is 415 g/mol. The Morgan fingerprint density at radius 1 is 1.43 bits per heavy atom. The SMILES string of the molecule is CCOC(=O)c1cccc(CSc2nc3sc4c(c3c(=O)[nH]2)CCC(C)C4)c1. The second-order valence-electron chi connectivity index (χ2n) is 7.11. The molecule has 0 bridgehead atoms. The van der Waals surface area contributed by atoms with Crippen LogP contribution in [0.1, 0.15) is 46.6 Å². The predicted octanol–water partition coefficient (Wildman–Crippen LogP) is 4.58. The third-order valence-electron chi connectivity index (χ3n) is 4.96. The van der Waals surface area contributed by atoms with Gasteiger partial charge in [-0.15, -0.1) is 11.3 Å². The summed E-state index contributed by atoms with van der Waals surface area (Å²) in [6, 6.07) is 7.37. The van der Waals surface area contributed by atoms with Gasteiger partial charge in [0, 0.05) is 10.6 Å². The van der Waals surface area contributed by atoms with E-state index in [0.29, 0.717) is 29.0 Å². The number of rotatable bonds is 5. The zero-order chi connectivity index (χ0) is 19.7. The number of aromatic amines is 1. The minimum atomic E-state index is -0.319. The number of H-pyrrole nitrogens is 1. The van der Waals surface area contributed by atoms with Crippen molar-refractivity contribution in [3.8, 4) is 0 Å². The van der Waals surface area contributed by atoms with Gasteiger partial charge in [0.2, 0.25) is 0 Å². The van der Waals surface area contributed by atoms with Gasteiger partial charge in [0.05, 0.1) is 17.6 Å². The molecule has 2 aromatic heterocycles. The number of hydrogen-bond donors (Lipinski definition) is 1. The Labute approximate surface area is 171 Å². The number of hydrogen-bond acceptors (Lipinski definition) is 6. The van der Waals surface area contributed by atoms with Gasteiger partial charge in [0.15, 0.2) is 5.16 Å². The third-order valence-corrected chi connectivity index (χ3v) is 7.05. The van der Waals surface area contributed by atoms with Gasteiger partial charge in [-0.3, -0.25) is 4.79 Å². The van der Waals surface area contributed by atoms with Crippen LogP contribution in [0.15, 0.2) is 34.2 Å². The molecule has 0 aliphatic heterocycles. The summed E-state index contributed by atoms with van der Waals surface area (Å²) >= 11 is 3.13. The highest BCUT2D eigenvalue weighted by atomic mass is 32.2. The van der Waals surface area contributed by atoms with Crippen LogP contribution in [0.2, 0.25) is 0 Å². The molecule has 0 spiro atoms. The number of aryl methyl sites for hydroxylation is 1. The van der Waals surface area contributed by atoms with Crippen LogP contribution >= 0.6 is 23.1 Å². The number of nitrogens with zero attached hydrogens (tertiary/aromatic N) is 1. The summed E-state index contributed by atoms with van der Waals surface area (Å²) < 4.78 is 5.05. The molecule has 1 N–H and O–H groups in total. The van der Waals surface area contributed by atoms with Crippen LogP contribution in [0.5, 0.6) is 0 Å². The van der Waals surface area contributed by atoms with Crippen molar-refractivity contribution in [2.75, 3.05) is 6.61 Å². The number of fused-ring (bicyclic) bond motifs is 3. The lowest BCUT2D eigenvalue weighted by atomic mass is 9.89. The van der Waals surface area contributed by atoms with Crippen molar-refractivity contribution in [2.45, 2.75) is 44.0 Å². The molecule has 3 aromatic rings. The number of esters is 1. The first-order valence-electron chi connectivity index (χ1n) is 9.48. The lowest BCUT2D eigenvalue weighted by Gasteiger charge is -2.17. The Hall–Kier alpha value is -2.12. The fourth-order valence-corrected chi connectivity index (χ4v) is 5.80. The molecule has 0 fully saturated rings. The lowest BCUT2D eigenvalue weighted by molar-refractivity contribution is 0.0526. The van der Waals surface area contributed by atoms with E-state index in [1.165, 1.54) is 22.2 Å². The van der Waals surface area contributed by atoms with E-state index in [0.717, 1.165) is 35.0 Å². The molecule has 0 saturated carbocycles. The number of carbonyl (C=O) groups excluding carboxylic acids is 1. The van der Waals surface area contributed by atoms with E-state index in [4.69, 9.17) is 9.72 Å². The number of benzene rings is 1. The molecule has 0 saturated heterocycles. The van der Waals surface area contributed by atoms with Crippen molar-refractivity contribution in [1.29, 1.82) is 0 Å². The monoisotopic (exact) mass is 414 g/mol. The molecule has 0 radical (unpaired) electrons. The Balaban J connectivity index is 1.55. The van der Waals surface area contributed by atoms with Gasteiger partial charge >= 0.3 is 5.97 Å². The van der Waals surface area contributed by atoms with E-state index in [1.807, 2.05) is 18.2 Å². The van der Waals surface area contributed by atoms with Crippen molar-refractivity contribution in [3.05, 3.63) is 56.2 Å². The molecule has 4 rings (SSSR count). The van der Waals surface area contributed by atoms with E-state index in [-0.39, 0.29) is 11.5 Å². The Morgan fingerprint density at radius 2 is 2.29 bits per heavy atom. The number of ether oxygens (including phenoxy) is 1. The Kier molecular flexibility index (Phi) is 5.55. The van der Waals surface area contributed by atoms with Gasteiger partial charge in [-0.05, 0) is 55.4 Å². The zero-order valence-corrected chi connectivity index (χ0v) is 17.5. The van der Waals surface area contributed by atoms with Crippen LogP contribution in [0, 0.1) is 5.92 Å². The molecule has 146 valence electrons. The molecule has 5 nitrogen and oxygen atoms in total. The van der Waals surface area contributed by atoms with Gasteiger partial charge in [0.25, 0.3) is 5.56 Å². The minimum Gasteiger partial charge on any atom is -0.462 e. The molecule has 0 amide bonds. The quantitative estimate of drug-likeness (QED) is 0.376. The van der Waals surface area contributed by atoms with E-state index in [1.54, 1.807) is 24.3 Å². The van der Waals surface area contributed by atoms with Crippen molar-refractivity contribution in [1.82, 2.24) is 9.97 Å². The molecule has 1 aromatic carbocycles. The van der Waals surface area contributed by atoms with Gasteiger partial charge in [0.1, 0.15) is 4.83 Å². The standard InChI is InChI=1S/C21H22N2O3S2/c1-3-26-20(25)14-6-4-5-13(10-14)11-27-21-22-18(24)17-15-8-7-12(2)9-16(15)28-19(17)23-21/h4-6,10,12H,3,7-9,11H2,1-2H3,(H,22,23,24). The van der Waals surface area contributed by atoms with Crippen LogP contribution < -0.4 is 5.56 Å². The second-order valence-corrected chi connectivity index (χ2v) is 9.16. The zero-order valence-electron chi connectivity index (χ0n) is 15.9. The smallest absolute Gasteiger partial charge is 0.338 e. The first kappa shape index (κ1) is 19.2. The number of nitrogens with one attached hydrogen (secondary N) is 1. The maximum Gasteiger partial charge on any atom is 0.338 e. The first-order chi connectivity index (χ1) is 13.5. The maximum atomic E-state index is 12.7. The Morgan fingerprint density at radius 3 is 3.11 bits per heavy atom. The highest BCUT2D eigenvalue weighted by Gasteiger charge is 2.23. The maximum absolute atomic E-state index is 12.7. The summed E-state index contributed by atoms with van der Waals surface area (Å²) in [6.45, 7) is 4.40. The number of carbonyl (C=O) groups is 1. The van der Waals surface area contributed by atoms with Gasteiger partial charge in [-0.1, -0.05) is 30.8 Å². The molecule has 1 unspecified atom stereocenters. The molecule has 1 aliphatic carbocycles. The highest BCUT2D eigenvalue weighted by molar-refractivity contribution is 7.98. The molecule has 1 aliphatic rings. The normalized spacial score (nSPS) is 16.1. The summed E-state index contributed by atoms with van der Waals surface area (Å²) in [7, 11) is 0. The molecule has 1 atom stereocenters. The summed E-state index contributed by atoms with van der Waals surface area (Å²) in [5.41, 5.74) is 2.68. The van der Waals surface area contributed by atoms with Crippen LogP contribution in [0.4, 0.5) is 0 Å². The van der Waals surface area contributed by atoms with E-state index >= 15 is 0 Å². The van der Waals surface area contributed by atoms with E-state index in [9.17, 15) is 9.59 Å². The summed E-state index contributed by atoms with van der Waals surface area (Å²) in [4.78, 5) is 34.4. The number of thioether (sulfide) groups is 1. The fraction of sp³-hybridized carbons (Fsp3) is 0.381. The lowest BCUT2D eigenvalue weighted by Crippen LogP contribution is -2.13. The number of aromatic nitrogens is 2. The molecule has 7 heteroatoms. The van der Waals surface area contributed by atoms with E-state index < -0.39 is 0 Å². The highest BCUT2D eigenvalue weighted by Crippen LogP contribution is 2.36. The van der Waals surface area contributed by atoms with Gasteiger partial charge < -0.3 is 9.72 Å². The molecular weight excluding hydrogens is 392 g/mol. The second kappa shape index (κ2) is 8.09. The van der Waals surface area contributed by atoms with Crippen molar-refractivity contribution in [2.24, 2.45) is 5.92 Å². The summed E-state index contributed by atoms with van der Waals surface area (Å²) in [5, 5.41) is 1.39. The van der Waals surface area contributed by atoms with E-state index in [2.05, 4.69) is 11.9 Å². The molecular formula is C21H22N2O3S2. The van der Waals surface area contributed by atoms with Crippen molar-refractivity contribution >= 4 is 39.3 Å². The Bertz CT molecular complexity index is 1090. The molecule has 2 heterocycles. The predicted molar refractivity (Wildman–Crippen MR) is 113 cm³/mol. The van der Waals surface area contributed by atoms with Crippen LogP contribution in [-0.2, 0) is 23.3 Å². The van der Waals surface area contributed by atoms with Crippen molar-refractivity contribution < 1.29 is 9.53 Å². The third kappa shape index (κ3) is 3.86. The first-order valence-corrected chi connectivity index (χ1v) is 11.3.